The Kier molecular flexibility index (Phi) is 6.26. The lowest BCUT2D eigenvalue weighted by molar-refractivity contribution is -0.123. The first-order chi connectivity index (χ1) is 11.8. The molecule has 2 aromatic carbocycles. The van der Waals surface area contributed by atoms with Gasteiger partial charge in [-0.15, -0.1) is 11.8 Å². The molecule has 2 rings (SSSR count). The second-order valence-corrected chi connectivity index (χ2v) is 6.92. The van der Waals surface area contributed by atoms with Gasteiger partial charge in [-0.25, -0.2) is 4.79 Å². The molecular formula is C20H23NO3S. The molecule has 0 saturated carbocycles. The van der Waals surface area contributed by atoms with Gasteiger partial charge in [0.2, 0.25) is 0 Å². The Labute approximate surface area is 153 Å². The molecule has 0 heterocycles. The molecule has 0 radical (unpaired) electrons. The minimum atomic E-state index is -0.882. The fourth-order valence-corrected chi connectivity index (χ4v) is 3.02. The molecule has 5 heteroatoms. The van der Waals surface area contributed by atoms with Crippen LogP contribution in [0, 0.1) is 20.8 Å². The zero-order valence-electron chi connectivity index (χ0n) is 15.2. The molecule has 1 amide bonds. The number of ether oxygens (including phenoxy) is 1. The molecule has 0 spiro atoms. The molecule has 0 saturated heterocycles. The highest BCUT2D eigenvalue weighted by atomic mass is 32.2. The van der Waals surface area contributed by atoms with Crippen molar-refractivity contribution in [3.05, 3.63) is 58.7 Å². The monoisotopic (exact) mass is 357 g/mol. The van der Waals surface area contributed by atoms with E-state index < -0.39 is 12.1 Å². The van der Waals surface area contributed by atoms with Crippen LogP contribution in [0.3, 0.4) is 0 Å². The summed E-state index contributed by atoms with van der Waals surface area (Å²) in [4.78, 5) is 25.6. The van der Waals surface area contributed by atoms with E-state index in [4.69, 9.17) is 4.74 Å². The van der Waals surface area contributed by atoms with Crippen LogP contribution in [-0.4, -0.2) is 24.2 Å². The van der Waals surface area contributed by atoms with E-state index in [2.05, 4.69) is 5.32 Å². The van der Waals surface area contributed by atoms with Crippen LogP contribution >= 0.6 is 11.8 Å². The van der Waals surface area contributed by atoms with E-state index in [0.717, 1.165) is 27.3 Å². The zero-order valence-corrected chi connectivity index (χ0v) is 16.0. The fourth-order valence-electron chi connectivity index (χ4n) is 2.61. The van der Waals surface area contributed by atoms with Gasteiger partial charge in [0.1, 0.15) is 0 Å². The normalized spacial score (nSPS) is 11.7. The first-order valence-corrected chi connectivity index (χ1v) is 9.28. The van der Waals surface area contributed by atoms with Gasteiger partial charge >= 0.3 is 5.97 Å². The third-order valence-corrected chi connectivity index (χ3v) is 4.65. The van der Waals surface area contributed by atoms with E-state index in [1.165, 1.54) is 0 Å². The lowest BCUT2D eigenvalue weighted by Crippen LogP contribution is -2.30. The number of anilines is 1. The molecule has 1 atom stereocenters. The number of thioether (sulfide) groups is 1. The van der Waals surface area contributed by atoms with Gasteiger partial charge in [-0.1, -0.05) is 17.7 Å². The van der Waals surface area contributed by atoms with Crippen LogP contribution in [-0.2, 0) is 9.53 Å². The molecule has 1 N–H and O–H groups in total. The average Bonchev–Trinajstić information content (AvgIpc) is 2.57. The van der Waals surface area contributed by atoms with Crippen LogP contribution in [0.5, 0.6) is 0 Å². The molecule has 0 aliphatic heterocycles. The Balaban J connectivity index is 2.03. The topological polar surface area (TPSA) is 55.4 Å². The van der Waals surface area contributed by atoms with Crippen molar-refractivity contribution in [3.63, 3.8) is 0 Å². The maximum atomic E-state index is 12.4. The SMILES string of the molecule is CSc1ccc(C(=O)O[C@@H](C)C(=O)Nc2c(C)cc(C)cc2C)cc1. The molecule has 0 fully saturated rings. The number of nitrogens with one attached hydrogen (secondary N) is 1. The highest BCUT2D eigenvalue weighted by Crippen LogP contribution is 2.22. The molecular weight excluding hydrogens is 334 g/mol. The number of aryl methyl sites for hydroxylation is 3. The number of rotatable bonds is 5. The molecule has 0 aliphatic rings. The maximum Gasteiger partial charge on any atom is 0.338 e. The second kappa shape index (κ2) is 8.21. The highest BCUT2D eigenvalue weighted by molar-refractivity contribution is 7.98. The van der Waals surface area contributed by atoms with E-state index in [1.54, 1.807) is 30.8 Å². The molecule has 4 nitrogen and oxygen atoms in total. The predicted molar refractivity (Wildman–Crippen MR) is 102 cm³/mol. The number of amides is 1. The predicted octanol–water partition coefficient (Wildman–Crippen LogP) is 4.52. The minimum absolute atomic E-state index is 0.343. The van der Waals surface area contributed by atoms with Crippen molar-refractivity contribution in [1.82, 2.24) is 0 Å². The summed E-state index contributed by atoms with van der Waals surface area (Å²) in [5.74, 6) is -0.850. The van der Waals surface area contributed by atoms with Crippen molar-refractivity contribution in [2.24, 2.45) is 0 Å². The summed E-state index contributed by atoms with van der Waals surface area (Å²) in [5, 5.41) is 2.86. The summed E-state index contributed by atoms with van der Waals surface area (Å²) in [6.07, 6.45) is 1.09. The van der Waals surface area contributed by atoms with E-state index in [-0.39, 0.29) is 5.91 Å². The van der Waals surface area contributed by atoms with E-state index in [0.29, 0.717) is 5.56 Å². The zero-order chi connectivity index (χ0) is 18.6. The largest absolute Gasteiger partial charge is 0.449 e. The van der Waals surface area contributed by atoms with Gasteiger partial charge in [0.15, 0.2) is 6.10 Å². The molecule has 0 bridgehead atoms. The van der Waals surface area contributed by atoms with Crippen LogP contribution in [0.15, 0.2) is 41.3 Å². The third-order valence-electron chi connectivity index (χ3n) is 3.90. The van der Waals surface area contributed by atoms with Gasteiger partial charge in [-0.3, -0.25) is 4.79 Å². The van der Waals surface area contributed by atoms with Gasteiger partial charge in [0.05, 0.1) is 5.56 Å². The van der Waals surface area contributed by atoms with Crippen molar-refractivity contribution < 1.29 is 14.3 Å². The molecule has 132 valence electrons. The Morgan fingerprint density at radius 3 is 2.12 bits per heavy atom. The average molecular weight is 357 g/mol. The fraction of sp³-hybridized carbons (Fsp3) is 0.300. The number of benzene rings is 2. The van der Waals surface area contributed by atoms with Gasteiger partial charge < -0.3 is 10.1 Å². The number of esters is 1. The summed E-state index contributed by atoms with van der Waals surface area (Å²) in [6.45, 7) is 7.47. The Bertz CT molecular complexity index is 761. The van der Waals surface area contributed by atoms with Crippen molar-refractivity contribution in [2.45, 2.75) is 38.7 Å². The van der Waals surface area contributed by atoms with E-state index in [9.17, 15) is 9.59 Å². The lowest BCUT2D eigenvalue weighted by Gasteiger charge is -2.17. The Morgan fingerprint density at radius 2 is 1.60 bits per heavy atom. The van der Waals surface area contributed by atoms with Gasteiger partial charge in [-0.05, 0) is 69.3 Å². The summed E-state index contributed by atoms with van der Waals surface area (Å²) < 4.78 is 5.29. The van der Waals surface area contributed by atoms with Crippen molar-refractivity contribution in [2.75, 3.05) is 11.6 Å². The lowest BCUT2D eigenvalue weighted by atomic mass is 10.0. The number of hydrogen-bond acceptors (Lipinski definition) is 4. The summed E-state index contributed by atoms with van der Waals surface area (Å²) in [7, 11) is 0. The molecule has 2 aromatic rings. The molecule has 0 aromatic heterocycles. The van der Waals surface area contributed by atoms with Crippen molar-refractivity contribution in [1.29, 1.82) is 0 Å². The van der Waals surface area contributed by atoms with Crippen LogP contribution in [0.2, 0.25) is 0 Å². The molecule has 25 heavy (non-hydrogen) atoms. The Morgan fingerprint density at radius 1 is 1.04 bits per heavy atom. The quantitative estimate of drug-likeness (QED) is 0.631. The van der Waals surface area contributed by atoms with E-state index in [1.807, 2.05) is 51.3 Å². The molecule has 0 unspecified atom stereocenters. The summed E-state index contributed by atoms with van der Waals surface area (Å²) >= 11 is 1.60. The van der Waals surface area contributed by atoms with Gasteiger partial charge in [0, 0.05) is 10.6 Å². The van der Waals surface area contributed by atoms with Crippen LogP contribution < -0.4 is 5.32 Å². The van der Waals surface area contributed by atoms with Gasteiger partial charge in [-0.2, -0.15) is 0 Å². The van der Waals surface area contributed by atoms with Crippen LogP contribution in [0.25, 0.3) is 0 Å². The third kappa shape index (κ3) is 4.86. The van der Waals surface area contributed by atoms with Crippen molar-refractivity contribution >= 4 is 29.3 Å². The minimum Gasteiger partial charge on any atom is -0.449 e. The number of hydrogen-bond donors (Lipinski definition) is 1. The Hall–Kier alpha value is -2.27. The van der Waals surface area contributed by atoms with Gasteiger partial charge in [0.25, 0.3) is 5.91 Å². The van der Waals surface area contributed by atoms with Crippen molar-refractivity contribution in [3.8, 4) is 0 Å². The van der Waals surface area contributed by atoms with Crippen LogP contribution in [0.4, 0.5) is 5.69 Å². The standard InChI is InChI=1S/C20H23NO3S/c1-12-10-13(2)18(14(3)11-12)21-19(22)15(4)24-20(23)16-6-8-17(25-5)9-7-16/h6-11,15H,1-5H3,(H,21,22)/t15-/m0/s1. The summed E-state index contributed by atoms with van der Waals surface area (Å²) in [5.41, 5.74) is 4.30. The first-order valence-electron chi connectivity index (χ1n) is 8.05. The smallest absolute Gasteiger partial charge is 0.338 e. The van der Waals surface area contributed by atoms with Crippen LogP contribution in [0.1, 0.15) is 34.0 Å². The highest BCUT2D eigenvalue weighted by Gasteiger charge is 2.20. The second-order valence-electron chi connectivity index (χ2n) is 6.04. The maximum absolute atomic E-state index is 12.4. The summed E-state index contributed by atoms with van der Waals surface area (Å²) in [6, 6.07) is 11.1. The number of carbonyl (C=O) groups excluding carboxylic acids is 2. The number of carbonyl (C=O) groups is 2. The first kappa shape index (κ1) is 19.1. The molecule has 0 aliphatic carbocycles. The van der Waals surface area contributed by atoms with E-state index >= 15 is 0 Å².